The molecule has 7 heteroatoms. The zero-order valence-electron chi connectivity index (χ0n) is 15.3. The number of aliphatic hydroxyl groups is 1. The van der Waals surface area contributed by atoms with Crippen LogP contribution >= 0.6 is 0 Å². The fourth-order valence-electron chi connectivity index (χ4n) is 2.43. The first kappa shape index (κ1) is 21.2. The average Bonchev–Trinajstić information content (AvgIpc) is 2.54. The summed E-state index contributed by atoms with van der Waals surface area (Å²) < 4.78 is 5.22. The van der Waals surface area contributed by atoms with Crippen molar-refractivity contribution in [2.45, 2.75) is 64.5 Å². The lowest BCUT2D eigenvalue weighted by molar-refractivity contribution is -0.146. The summed E-state index contributed by atoms with van der Waals surface area (Å²) in [6.45, 7) is 5.18. The number of ether oxygens (including phenoxy) is 1. The second kappa shape index (κ2) is 10.2. The van der Waals surface area contributed by atoms with Crippen molar-refractivity contribution in [3.8, 4) is 0 Å². The molecule has 1 aliphatic heterocycles. The third-order valence-corrected chi connectivity index (χ3v) is 3.88. The minimum Gasteiger partial charge on any atom is -0.463 e. The van der Waals surface area contributed by atoms with Gasteiger partial charge in [0.15, 0.2) is 0 Å². The van der Waals surface area contributed by atoms with Crippen molar-refractivity contribution >= 4 is 17.8 Å². The molecule has 0 aliphatic carbocycles. The highest BCUT2D eigenvalue weighted by atomic mass is 16.5. The predicted molar refractivity (Wildman–Crippen MR) is 93.6 cm³/mol. The van der Waals surface area contributed by atoms with Crippen LogP contribution in [0.4, 0.5) is 0 Å². The van der Waals surface area contributed by atoms with Crippen LogP contribution in [0.2, 0.25) is 0 Å². The van der Waals surface area contributed by atoms with E-state index in [-0.39, 0.29) is 43.5 Å². The van der Waals surface area contributed by atoms with E-state index in [2.05, 4.69) is 10.6 Å². The second-order valence-corrected chi connectivity index (χ2v) is 7.19. The van der Waals surface area contributed by atoms with Gasteiger partial charge >= 0.3 is 5.97 Å². The number of allylic oxidation sites excluding steroid dienone is 2. The number of cyclic esters (lactones) is 1. The molecule has 0 spiro atoms. The number of carbonyl (C=O) groups is 3. The maximum atomic E-state index is 12.6. The lowest BCUT2D eigenvalue weighted by Crippen LogP contribution is -2.50. The van der Waals surface area contributed by atoms with Gasteiger partial charge in [-0.25, -0.2) is 0 Å². The third-order valence-electron chi connectivity index (χ3n) is 3.88. The number of carbonyl (C=O) groups excluding carboxylic acids is 3. The molecule has 7 nitrogen and oxygen atoms in total. The molecule has 1 heterocycles. The zero-order valence-corrected chi connectivity index (χ0v) is 15.3. The lowest BCUT2D eigenvalue weighted by Gasteiger charge is -2.28. The van der Waals surface area contributed by atoms with Crippen molar-refractivity contribution < 1.29 is 24.2 Å². The van der Waals surface area contributed by atoms with Crippen molar-refractivity contribution in [1.82, 2.24) is 10.6 Å². The van der Waals surface area contributed by atoms with E-state index in [0.717, 1.165) is 6.42 Å². The van der Waals surface area contributed by atoms with Gasteiger partial charge in [0.2, 0.25) is 11.8 Å². The van der Waals surface area contributed by atoms with E-state index >= 15 is 0 Å². The molecule has 142 valence electrons. The molecule has 0 radical (unpaired) electrons. The fourth-order valence-corrected chi connectivity index (χ4v) is 2.43. The van der Waals surface area contributed by atoms with Gasteiger partial charge in [-0.15, -0.1) is 0 Å². The maximum Gasteiger partial charge on any atom is 0.305 e. The maximum absolute atomic E-state index is 12.6. The normalized spacial score (nSPS) is 23.3. The van der Waals surface area contributed by atoms with E-state index in [1.165, 1.54) is 0 Å². The Balaban J connectivity index is 2.80. The summed E-state index contributed by atoms with van der Waals surface area (Å²) in [6, 6.07) is -0.350. The Morgan fingerprint density at radius 1 is 1.44 bits per heavy atom. The molecule has 25 heavy (non-hydrogen) atoms. The van der Waals surface area contributed by atoms with Gasteiger partial charge in [-0.3, -0.25) is 14.4 Å². The van der Waals surface area contributed by atoms with E-state index in [0.29, 0.717) is 19.3 Å². The zero-order chi connectivity index (χ0) is 18.9. The van der Waals surface area contributed by atoms with Gasteiger partial charge in [-0.2, -0.15) is 0 Å². The summed E-state index contributed by atoms with van der Waals surface area (Å²) in [6.07, 6.45) is 6.04. The van der Waals surface area contributed by atoms with Crippen LogP contribution in [0.25, 0.3) is 0 Å². The number of nitrogens with one attached hydrogen (secondary N) is 2. The van der Waals surface area contributed by atoms with E-state index in [4.69, 9.17) is 9.84 Å². The molecule has 0 aromatic rings. The quantitative estimate of drug-likeness (QED) is 0.517. The number of amides is 2. The van der Waals surface area contributed by atoms with Crippen molar-refractivity contribution in [1.29, 1.82) is 0 Å². The molecule has 0 aromatic heterocycles. The molecule has 0 aromatic carbocycles. The van der Waals surface area contributed by atoms with Gasteiger partial charge in [-0.1, -0.05) is 12.2 Å². The SMILES string of the molecule is C[C@H](CO)NC(=O)C[C@H]1CC=CCCCC(=O)OCC(C)(C)NC1=O. The molecular weight excluding hydrogens is 324 g/mol. The molecule has 1 aliphatic rings. The first-order chi connectivity index (χ1) is 11.7. The number of hydrogen-bond donors (Lipinski definition) is 3. The van der Waals surface area contributed by atoms with Crippen LogP contribution in [0.15, 0.2) is 12.2 Å². The Morgan fingerprint density at radius 2 is 2.16 bits per heavy atom. The van der Waals surface area contributed by atoms with Gasteiger partial charge in [0, 0.05) is 18.9 Å². The minimum absolute atomic E-state index is 0.0381. The lowest BCUT2D eigenvalue weighted by atomic mass is 9.96. The molecule has 0 unspecified atom stereocenters. The molecule has 0 bridgehead atoms. The standard InChI is InChI=1S/C18H30N2O5/c1-13(11-21)19-15(22)10-14-8-6-4-5-7-9-16(23)25-12-18(2,3)20-17(14)24/h4,6,13-14,21H,5,7-12H2,1-3H3,(H,19,22)(H,20,24)/t13-,14-/m1/s1. The Bertz CT molecular complexity index is 502. The number of esters is 1. The van der Waals surface area contributed by atoms with Gasteiger partial charge in [-0.05, 0) is 40.0 Å². The summed E-state index contributed by atoms with van der Waals surface area (Å²) in [5.41, 5.74) is -0.711. The highest BCUT2D eigenvalue weighted by Gasteiger charge is 2.28. The molecule has 3 N–H and O–H groups in total. The topological polar surface area (TPSA) is 105 Å². The van der Waals surface area contributed by atoms with Gasteiger partial charge in [0.25, 0.3) is 0 Å². The smallest absolute Gasteiger partial charge is 0.305 e. The Labute approximate surface area is 149 Å². The third kappa shape index (κ3) is 8.67. The molecular formula is C18H30N2O5. The number of aliphatic hydroxyl groups excluding tert-OH is 1. The second-order valence-electron chi connectivity index (χ2n) is 7.19. The van der Waals surface area contributed by atoms with Gasteiger partial charge in [0.05, 0.1) is 18.1 Å². The molecule has 1 rings (SSSR count). The predicted octanol–water partition coefficient (Wildman–Crippen LogP) is 1.06. The summed E-state index contributed by atoms with van der Waals surface area (Å²) in [5.74, 6) is -1.32. The highest BCUT2D eigenvalue weighted by molar-refractivity contribution is 5.86. The van der Waals surface area contributed by atoms with E-state index < -0.39 is 11.5 Å². The number of rotatable bonds is 4. The van der Waals surface area contributed by atoms with E-state index in [9.17, 15) is 14.4 Å². The fraction of sp³-hybridized carbons (Fsp3) is 0.722. The van der Waals surface area contributed by atoms with Gasteiger partial charge in [0.1, 0.15) is 6.61 Å². The van der Waals surface area contributed by atoms with E-state index in [1.807, 2.05) is 12.2 Å². The first-order valence-electron chi connectivity index (χ1n) is 8.76. The summed E-state index contributed by atoms with van der Waals surface area (Å²) >= 11 is 0. The summed E-state index contributed by atoms with van der Waals surface area (Å²) in [4.78, 5) is 36.3. The van der Waals surface area contributed by atoms with Crippen molar-refractivity contribution in [2.75, 3.05) is 13.2 Å². The van der Waals surface area contributed by atoms with Gasteiger partial charge < -0.3 is 20.5 Å². The van der Waals surface area contributed by atoms with Crippen LogP contribution in [-0.2, 0) is 19.1 Å². The minimum atomic E-state index is -0.711. The Kier molecular flexibility index (Phi) is 8.61. The van der Waals surface area contributed by atoms with Crippen molar-refractivity contribution in [3.05, 3.63) is 12.2 Å². The Hall–Kier alpha value is -1.89. The van der Waals surface area contributed by atoms with Crippen LogP contribution in [0, 0.1) is 5.92 Å². The molecule has 0 saturated carbocycles. The Morgan fingerprint density at radius 3 is 2.84 bits per heavy atom. The average molecular weight is 354 g/mol. The molecule has 2 amide bonds. The number of hydrogen-bond acceptors (Lipinski definition) is 5. The van der Waals surface area contributed by atoms with Crippen LogP contribution in [-0.4, -0.2) is 47.7 Å². The van der Waals surface area contributed by atoms with Crippen LogP contribution in [0.5, 0.6) is 0 Å². The molecule has 0 saturated heterocycles. The summed E-state index contributed by atoms with van der Waals surface area (Å²) in [5, 5.41) is 14.5. The molecule has 0 fully saturated rings. The van der Waals surface area contributed by atoms with Crippen molar-refractivity contribution in [3.63, 3.8) is 0 Å². The molecule has 2 atom stereocenters. The highest BCUT2D eigenvalue weighted by Crippen LogP contribution is 2.15. The van der Waals surface area contributed by atoms with E-state index in [1.54, 1.807) is 20.8 Å². The largest absolute Gasteiger partial charge is 0.463 e. The van der Waals surface area contributed by atoms with Crippen LogP contribution in [0.3, 0.4) is 0 Å². The monoisotopic (exact) mass is 354 g/mol. The van der Waals surface area contributed by atoms with Crippen LogP contribution < -0.4 is 10.6 Å². The summed E-state index contributed by atoms with van der Waals surface area (Å²) in [7, 11) is 0. The first-order valence-corrected chi connectivity index (χ1v) is 8.76. The van der Waals surface area contributed by atoms with Crippen molar-refractivity contribution in [2.24, 2.45) is 5.92 Å². The van der Waals surface area contributed by atoms with Crippen LogP contribution in [0.1, 0.15) is 52.9 Å².